The second-order valence-electron chi connectivity index (χ2n) is 6.44. The predicted octanol–water partition coefficient (Wildman–Crippen LogP) is 3.06. The number of nitrogens with zero attached hydrogens (tertiary/aromatic N) is 2. The number of ether oxygens (including phenoxy) is 1. The number of carbonyl (C=O) groups excluding carboxylic acids is 1. The normalized spacial score (nSPS) is 16.0. The van der Waals surface area contributed by atoms with Crippen LogP contribution >= 0.6 is 11.5 Å². The second kappa shape index (κ2) is 8.10. The van der Waals surface area contributed by atoms with E-state index in [1.54, 1.807) is 0 Å². The van der Waals surface area contributed by atoms with Gasteiger partial charge in [-0.25, -0.2) is 13.8 Å². The Hall–Kier alpha value is -3.11. The number of aromatic nitrogens is 2. The van der Waals surface area contributed by atoms with Crippen LogP contribution in [0.1, 0.15) is 16.9 Å². The van der Waals surface area contributed by atoms with Crippen molar-refractivity contribution in [1.82, 2.24) is 14.7 Å². The van der Waals surface area contributed by atoms with E-state index in [9.17, 15) is 13.6 Å². The third-order valence-electron chi connectivity index (χ3n) is 4.43. The molecule has 1 atom stereocenters. The lowest BCUT2D eigenvalue weighted by Gasteiger charge is -2.13. The summed E-state index contributed by atoms with van der Waals surface area (Å²) < 4.78 is 38.1. The smallest absolute Gasteiger partial charge is 0.276 e. The minimum Gasteiger partial charge on any atom is -0.477 e. The van der Waals surface area contributed by atoms with Gasteiger partial charge >= 0.3 is 0 Å². The Kier molecular flexibility index (Phi) is 5.36. The van der Waals surface area contributed by atoms with Crippen LogP contribution in [0.15, 0.2) is 36.5 Å². The zero-order valence-corrected chi connectivity index (χ0v) is 15.9. The van der Waals surface area contributed by atoms with Gasteiger partial charge in [0.2, 0.25) is 5.06 Å². The highest BCUT2D eigenvalue weighted by atomic mass is 32.1. The van der Waals surface area contributed by atoms with Gasteiger partial charge in [0.1, 0.15) is 23.4 Å². The first-order valence-electron chi connectivity index (χ1n) is 8.87. The van der Waals surface area contributed by atoms with Crippen molar-refractivity contribution < 1.29 is 18.3 Å². The van der Waals surface area contributed by atoms with E-state index in [-0.39, 0.29) is 28.7 Å². The van der Waals surface area contributed by atoms with Crippen LogP contribution in [0.5, 0.6) is 5.06 Å². The van der Waals surface area contributed by atoms with E-state index in [0.29, 0.717) is 10.8 Å². The Labute approximate surface area is 169 Å². The average molecular weight is 417 g/mol. The van der Waals surface area contributed by atoms with Crippen LogP contribution in [0, 0.1) is 11.6 Å². The first-order chi connectivity index (χ1) is 14.0. The summed E-state index contributed by atoms with van der Waals surface area (Å²) in [6.07, 6.45) is 2.33. The number of nitrogen functional groups attached to an aromatic ring is 1. The summed E-state index contributed by atoms with van der Waals surface area (Å²) >= 11 is 1.12. The van der Waals surface area contributed by atoms with Gasteiger partial charge in [-0.3, -0.25) is 4.79 Å². The van der Waals surface area contributed by atoms with Crippen molar-refractivity contribution in [2.75, 3.05) is 24.1 Å². The molecule has 1 fully saturated rings. The largest absolute Gasteiger partial charge is 0.477 e. The van der Waals surface area contributed by atoms with E-state index < -0.39 is 17.5 Å². The Balaban J connectivity index is 1.59. The third kappa shape index (κ3) is 4.03. The molecule has 1 aromatic carbocycles. The number of hydrogen-bond donors (Lipinski definition) is 3. The molecule has 3 heterocycles. The van der Waals surface area contributed by atoms with E-state index in [2.05, 4.69) is 20.0 Å². The summed E-state index contributed by atoms with van der Waals surface area (Å²) in [5.41, 5.74) is 5.84. The molecule has 0 aliphatic carbocycles. The number of carbonyl (C=O) groups is 1. The lowest BCUT2D eigenvalue weighted by Crippen LogP contribution is -2.20. The molecule has 10 heteroatoms. The van der Waals surface area contributed by atoms with Crippen molar-refractivity contribution >= 4 is 28.8 Å². The molecular formula is C19H17F2N5O2S. The molecule has 1 amide bonds. The van der Waals surface area contributed by atoms with Crippen LogP contribution in [-0.4, -0.2) is 34.5 Å². The lowest BCUT2D eigenvalue weighted by molar-refractivity contribution is 0.102. The van der Waals surface area contributed by atoms with Gasteiger partial charge in [-0.2, -0.15) is 4.37 Å². The molecule has 2 aromatic heterocycles. The monoisotopic (exact) mass is 417 g/mol. The number of rotatable bonds is 5. The maximum absolute atomic E-state index is 14.1. The second-order valence-corrected chi connectivity index (χ2v) is 7.21. The SMILES string of the molecule is Nc1ccc(-c2c(F)cccc2F)nc1C(=O)Nc1cnsc1O[C@@H]1CCNC1. The molecule has 3 aromatic rings. The quantitative estimate of drug-likeness (QED) is 0.590. The number of benzene rings is 1. The van der Waals surface area contributed by atoms with Crippen molar-refractivity contribution in [2.45, 2.75) is 12.5 Å². The molecule has 1 saturated heterocycles. The molecule has 150 valence electrons. The maximum atomic E-state index is 14.1. The van der Waals surface area contributed by atoms with Crippen molar-refractivity contribution in [2.24, 2.45) is 0 Å². The molecule has 0 unspecified atom stereocenters. The van der Waals surface area contributed by atoms with Gasteiger partial charge in [-0.1, -0.05) is 6.07 Å². The third-order valence-corrected chi connectivity index (χ3v) is 5.13. The molecule has 0 radical (unpaired) electrons. The molecule has 0 saturated carbocycles. The van der Waals surface area contributed by atoms with Crippen LogP contribution in [0.4, 0.5) is 20.2 Å². The summed E-state index contributed by atoms with van der Waals surface area (Å²) in [5, 5.41) is 6.33. The topological polar surface area (TPSA) is 102 Å². The zero-order chi connectivity index (χ0) is 20.4. The number of pyridine rings is 1. The Morgan fingerprint density at radius 3 is 2.79 bits per heavy atom. The van der Waals surface area contributed by atoms with Crippen molar-refractivity contribution in [3.05, 3.63) is 53.9 Å². The summed E-state index contributed by atoms with van der Waals surface area (Å²) in [6, 6.07) is 6.24. The molecule has 0 bridgehead atoms. The highest BCUT2D eigenvalue weighted by Crippen LogP contribution is 2.32. The van der Waals surface area contributed by atoms with Gasteiger partial charge in [0, 0.05) is 18.1 Å². The van der Waals surface area contributed by atoms with Gasteiger partial charge in [0.15, 0.2) is 5.69 Å². The average Bonchev–Trinajstić information content (AvgIpc) is 3.36. The van der Waals surface area contributed by atoms with Crippen molar-refractivity contribution in [3.8, 4) is 16.3 Å². The first-order valence-corrected chi connectivity index (χ1v) is 9.64. The van der Waals surface area contributed by atoms with Crippen LogP contribution < -0.4 is 21.1 Å². The fraction of sp³-hybridized carbons (Fsp3) is 0.211. The minimum absolute atomic E-state index is 0.00153. The van der Waals surface area contributed by atoms with E-state index >= 15 is 0 Å². The Morgan fingerprint density at radius 2 is 2.07 bits per heavy atom. The molecule has 4 rings (SSSR count). The molecule has 29 heavy (non-hydrogen) atoms. The number of anilines is 2. The van der Waals surface area contributed by atoms with Gasteiger partial charge in [0.05, 0.1) is 23.1 Å². The summed E-state index contributed by atoms with van der Waals surface area (Å²) in [6.45, 7) is 1.58. The molecular weight excluding hydrogens is 400 g/mol. The molecule has 7 nitrogen and oxygen atoms in total. The van der Waals surface area contributed by atoms with Gasteiger partial charge in [-0.15, -0.1) is 0 Å². The van der Waals surface area contributed by atoms with Gasteiger partial charge < -0.3 is 21.1 Å². The lowest BCUT2D eigenvalue weighted by atomic mass is 10.1. The molecule has 0 spiro atoms. The Morgan fingerprint density at radius 1 is 1.28 bits per heavy atom. The predicted molar refractivity (Wildman–Crippen MR) is 106 cm³/mol. The van der Waals surface area contributed by atoms with Gasteiger partial charge in [0.25, 0.3) is 5.91 Å². The van der Waals surface area contributed by atoms with Crippen LogP contribution in [0.25, 0.3) is 11.3 Å². The molecule has 1 aliphatic rings. The van der Waals surface area contributed by atoms with E-state index in [1.807, 2.05) is 0 Å². The van der Waals surface area contributed by atoms with E-state index in [0.717, 1.165) is 43.2 Å². The van der Waals surface area contributed by atoms with Crippen LogP contribution in [0.3, 0.4) is 0 Å². The standard InChI is InChI=1S/C19H17F2N5O2S/c20-11-2-1-3-12(21)16(11)14-5-4-13(22)17(25-14)18(27)26-15-9-24-29-19(15)28-10-6-7-23-8-10/h1-5,9-10,23H,6-8,22H2,(H,26,27)/t10-/m1/s1. The van der Waals surface area contributed by atoms with E-state index in [1.165, 1.54) is 24.4 Å². The summed E-state index contributed by atoms with van der Waals surface area (Å²) in [4.78, 5) is 16.8. The summed E-state index contributed by atoms with van der Waals surface area (Å²) in [5.74, 6) is -2.19. The zero-order valence-electron chi connectivity index (χ0n) is 15.1. The maximum Gasteiger partial charge on any atom is 0.276 e. The van der Waals surface area contributed by atoms with Crippen LogP contribution in [0.2, 0.25) is 0 Å². The fourth-order valence-electron chi connectivity index (χ4n) is 2.99. The van der Waals surface area contributed by atoms with Crippen molar-refractivity contribution in [3.63, 3.8) is 0 Å². The van der Waals surface area contributed by atoms with Crippen LogP contribution in [-0.2, 0) is 0 Å². The van der Waals surface area contributed by atoms with Gasteiger partial charge in [-0.05, 0) is 37.2 Å². The number of nitrogens with two attached hydrogens (primary N) is 1. The molecule has 4 N–H and O–H groups in total. The Bertz CT molecular complexity index is 1030. The van der Waals surface area contributed by atoms with E-state index in [4.69, 9.17) is 10.5 Å². The number of amides is 1. The molecule has 1 aliphatic heterocycles. The number of nitrogens with one attached hydrogen (secondary N) is 2. The summed E-state index contributed by atoms with van der Waals surface area (Å²) in [7, 11) is 0. The highest BCUT2D eigenvalue weighted by Gasteiger charge is 2.22. The fourth-order valence-corrected chi connectivity index (χ4v) is 3.63. The number of halogens is 2. The van der Waals surface area contributed by atoms with Crippen molar-refractivity contribution in [1.29, 1.82) is 0 Å². The minimum atomic E-state index is -0.781. The first kappa shape index (κ1) is 19.2. The highest BCUT2D eigenvalue weighted by molar-refractivity contribution is 7.08. The number of hydrogen-bond acceptors (Lipinski definition) is 7.